The predicted octanol–water partition coefficient (Wildman–Crippen LogP) is 4.93. The van der Waals surface area contributed by atoms with Crippen LogP contribution < -0.4 is 14.8 Å². The van der Waals surface area contributed by atoms with Gasteiger partial charge in [0.25, 0.3) is 0 Å². The quantitative estimate of drug-likeness (QED) is 0.574. The Morgan fingerprint density at radius 3 is 2.52 bits per heavy atom. The van der Waals surface area contributed by atoms with Crippen LogP contribution in [0.2, 0.25) is 0 Å². The topological polar surface area (TPSA) is 43.4 Å². The van der Waals surface area contributed by atoms with Crippen molar-refractivity contribution in [3.05, 3.63) is 64.7 Å². The van der Waals surface area contributed by atoms with E-state index in [2.05, 4.69) is 10.3 Å². The molecule has 0 spiro atoms. The van der Waals surface area contributed by atoms with Crippen LogP contribution in [0.1, 0.15) is 16.8 Å². The molecule has 3 aromatic rings. The SMILES string of the molecule is FC(F)(F)c1ccc(-c2nc(CNCCc3ccc4c(c3)OCCO4)cs2)cc1. The third kappa shape index (κ3) is 4.89. The summed E-state index contributed by atoms with van der Waals surface area (Å²) in [7, 11) is 0. The summed E-state index contributed by atoms with van der Waals surface area (Å²) in [6, 6.07) is 11.1. The van der Waals surface area contributed by atoms with Gasteiger partial charge < -0.3 is 14.8 Å². The fraction of sp³-hybridized carbons (Fsp3) is 0.286. The molecule has 0 bridgehead atoms. The molecule has 1 aliphatic rings. The molecule has 0 unspecified atom stereocenters. The van der Waals surface area contributed by atoms with Crippen LogP contribution in [0.15, 0.2) is 47.8 Å². The molecule has 0 saturated heterocycles. The summed E-state index contributed by atoms with van der Waals surface area (Å²) in [6.45, 7) is 2.52. The highest BCUT2D eigenvalue weighted by Crippen LogP contribution is 2.32. The van der Waals surface area contributed by atoms with Crippen LogP contribution in [0, 0.1) is 0 Å². The van der Waals surface area contributed by atoms with Crippen molar-refractivity contribution in [1.29, 1.82) is 0 Å². The molecule has 0 aliphatic carbocycles. The Balaban J connectivity index is 1.28. The number of hydrogen-bond acceptors (Lipinski definition) is 5. The molecule has 0 saturated carbocycles. The Kier molecular flexibility index (Phi) is 5.73. The smallest absolute Gasteiger partial charge is 0.416 e. The van der Waals surface area contributed by atoms with E-state index in [4.69, 9.17) is 9.47 Å². The fourth-order valence-electron chi connectivity index (χ4n) is 3.01. The minimum Gasteiger partial charge on any atom is -0.486 e. The van der Waals surface area contributed by atoms with Gasteiger partial charge in [0, 0.05) is 17.5 Å². The average Bonchev–Trinajstić information content (AvgIpc) is 3.19. The van der Waals surface area contributed by atoms with Crippen LogP contribution in [0.4, 0.5) is 13.2 Å². The highest BCUT2D eigenvalue weighted by Gasteiger charge is 2.30. The number of halogens is 3. The number of fused-ring (bicyclic) bond motifs is 1. The van der Waals surface area contributed by atoms with Gasteiger partial charge >= 0.3 is 6.18 Å². The van der Waals surface area contributed by atoms with Gasteiger partial charge in [0.1, 0.15) is 18.2 Å². The number of alkyl halides is 3. The highest BCUT2D eigenvalue weighted by atomic mass is 32.1. The number of thiazole rings is 1. The lowest BCUT2D eigenvalue weighted by atomic mass is 10.1. The Morgan fingerprint density at radius 2 is 1.76 bits per heavy atom. The molecule has 8 heteroatoms. The van der Waals surface area contributed by atoms with Crippen LogP contribution in [-0.2, 0) is 19.1 Å². The molecule has 4 nitrogen and oxygen atoms in total. The van der Waals surface area contributed by atoms with Gasteiger partial charge in [0.15, 0.2) is 11.5 Å². The lowest BCUT2D eigenvalue weighted by Gasteiger charge is -2.18. The van der Waals surface area contributed by atoms with Gasteiger partial charge in [-0.2, -0.15) is 13.2 Å². The Hall–Kier alpha value is -2.58. The van der Waals surface area contributed by atoms with Gasteiger partial charge in [-0.15, -0.1) is 11.3 Å². The first-order valence-corrected chi connectivity index (χ1v) is 10.1. The van der Waals surface area contributed by atoms with Crippen molar-refractivity contribution in [1.82, 2.24) is 10.3 Å². The second-order valence-corrected chi connectivity index (χ2v) is 7.48. The van der Waals surface area contributed by atoms with Crippen molar-refractivity contribution >= 4 is 11.3 Å². The third-order valence-electron chi connectivity index (χ3n) is 4.51. The van der Waals surface area contributed by atoms with Crippen LogP contribution in [-0.4, -0.2) is 24.7 Å². The van der Waals surface area contributed by atoms with Gasteiger partial charge in [-0.25, -0.2) is 4.98 Å². The van der Waals surface area contributed by atoms with Gasteiger partial charge in [-0.3, -0.25) is 0 Å². The van der Waals surface area contributed by atoms with E-state index < -0.39 is 11.7 Å². The molecule has 2 aromatic carbocycles. The lowest BCUT2D eigenvalue weighted by molar-refractivity contribution is -0.137. The molecule has 4 rings (SSSR count). The van der Waals surface area contributed by atoms with Gasteiger partial charge in [0.2, 0.25) is 0 Å². The first kappa shape index (κ1) is 19.7. The normalized spacial score (nSPS) is 13.5. The number of nitrogens with one attached hydrogen (secondary N) is 1. The molecule has 0 radical (unpaired) electrons. The van der Waals surface area contributed by atoms with Crippen molar-refractivity contribution in [2.45, 2.75) is 19.1 Å². The predicted molar refractivity (Wildman–Crippen MR) is 105 cm³/mol. The van der Waals surface area contributed by atoms with Crippen molar-refractivity contribution in [2.75, 3.05) is 19.8 Å². The number of benzene rings is 2. The largest absolute Gasteiger partial charge is 0.486 e. The van der Waals surface area contributed by atoms with Gasteiger partial charge in [-0.05, 0) is 42.8 Å². The van der Waals surface area contributed by atoms with Gasteiger partial charge in [0.05, 0.1) is 11.3 Å². The van der Waals surface area contributed by atoms with Crippen LogP contribution in [0.25, 0.3) is 10.6 Å². The Bertz CT molecular complexity index is 971. The number of aromatic nitrogens is 1. The summed E-state index contributed by atoms with van der Waals surface area (Å²) < 4.78 is 49.1. The van der Waals surface area contributed by atoms with E-state index in [1.54, 1.807) is 0 Å². The molecule has 29 heavy (non-hydrogen) atoms. The zero-order valence-corrected chi connectivity index (χ0v) is 16.3. The Labute approximate surface area is 170 Å². The molecule has 1 aliphatic heterocycles. The van der Waals surface area contributed by atoms with Crippen molar-refractivity contribution in [3.8, 4) is 22.1 Å². The first-order valence-electron chi connectivity index (χ1n) is 9.20. The second-order valence-electron chi connectivity index (χ2n) is 6.62. The monoisotopic (exact) mass is 420 g/mol. The maximum absolute atomic E-state index is 12.7. The van der Waals surface area contributed by atoms with E-state index >= 15 is 0 Å². The number of nitrogens with zero attached hydrogens (tertiary/aromatic N) is 1. The summed E-state index contributed by atoms with van der Waals surface area (Å²) >= 11 is 1.42. The molecule has 2 heterocycles. The third-order valence-corrected chi connectivity index (χ3v) is 5.45. The minimum atomic E-state index is -4.33. The summed E-state index contributed by atoms with van der Waals surface area (Å²) in [5.41, 5.74) is 2.06. The standard InChI is InChI=1S/C21H19F3N2O2S/c22-21(23,24)16-4-2-15(3-5-16)20-26-17(13-29-20)12-25-8-7-14-1-6-18-19(11-14)28-10-9-27-18/h1-6,11,13,25H,7-10,12H2. The number of ether oxygens (including phenoxy) is 2. The maximum atomic E-state index is 12.7. The lowest BCUT2D eigenvalue weighted by Crippen LogP contribution is -2.18. The maximum Gasteiger partial charge on any atom is 0.416 e. The van der Waals surface area contributed by atoms with Gasteiger partial charge in [-0.1, -0.05) is 18.2 Å². The van der Waals surface area contributed by atoms with Crippen LogP contribution >= 0.6 is 11.3 Å². The summed E-state index contributed by atoms with van der Waals surface area (Å²) in [6.07, 6.45) is -3.49. The second kappa shape index (κ2) is 8.42. The number of rotatable bonds is 6. The van der Waals surface area contributed by atoms with Crippen LogP contribution in [0.3, 0.4) is 0 Å². The van der Waals surface area contributed by atoms with Crippen molar-refractivity contribution in [2.24, 2.45) is 0 Å². The summed E-state index contributed by atoms with van der Waals surface area (Å²) in [5.74, 6) is 1.57. The molecule has 152 valence electrons. The first-order chi connectivity index (χ1) is 14.0. The zero-order chi connectivity index (χ0) is 20.3. The highest BCUT2D eigenvalue weighted by molar-refractivity contribution is 7.13. The number of hydrogen-bond donors (Lipinski definition) is 1. The summed E-state index contributed by atoms with van der Waals surface area (Å²) in [5, 5.41) is 5.98. The molecule has 1 aromatic heterocycles. The molecule has 1 N–H and O–H groups in total. The molecule has 0 atom stereocenters. The molecule has 0 amide bonds. The molecular weight excluding hydrogens is 401 g/mol. The zero-order valence-electron chi connectivity index (χ0n) is 15.5. The van der Waals surface area contributed by atoms with E-state index in [9.17, 15) is 13.2 Å². The van der Waals surface area contributed by atoms with E-state index in [-0.39, 0.29) is 0 Å². The molecular formula is C21H19F3N2O2S. The van der Waals surface area contributed by atoms with Crippen LogP contribution in [0.5, 0.6) is 11.5 Å². The Morgan fingerprint density at radius 1 is 1.00 bits per heavy atom. The fourth-order valence-corrected chi connectivity index (χ4v) is 3.84. The molecule has 0 fully saturated rings. The van der Waals surface area contributed by atoms with E-state index in [0.717, 1.165) is 47.9 Å². The van der Waals surface area contributed by atoms with E-state index in [1.165, 1.54) is 23.5 Å². The van der Waals surface area contributed by atoms with Crippen molar-refractivity contribution in [3.63, 3.8) is 0 Å². The van der Waals surface area contributed by atoms with Crippen molar-refractivity contribution < 1.29 is 22.6 Å². The summed E-state index contributed by atoms with van der Waals surface area (Å²) in [4.78, 5) is 4.51. The minimum absolute atomic E-state index is 0.569. The van der Waals surface area contributed by atoms with E-state index in [1.807, 2.05) is 23.6 Å². The average molecular weight is 420 g/mol. The van der Waals surface area contributed by atoms with E-state index in [0.29, 0.717) is 30.3 Å².